The predicted molar refractivity (Wildman–Crippen MR) is 125 cm³/mol. The number of nitrogens with one attached hydrogen (secondary N) is 1. The van der Waals surface area contributed by atoms with Gasteiger partial charge in [0.1, 0.15) is 16.2 Å². The summed E-state index contributed by atoms with van der Waals surface area (Å²) < 4.78 is 1.64. The third kappa shape index (κ3) is 3.60. The number of rotatable bonds is 6. The molecule has 32 heavy (non-hydrogen) atoms. The molecular weight excluding hydrogens is 424 g/mol. The van der Waals surface area contributed by atoms with Crippen LogP contribution in [0.25, 0.3) is 11.0 Å². The topological polar surface area (TPSA) is 97.7 Å². The van der Waals surface area contributed by atoms with E-state index < -0.39 is 11.2 Å². The van der Waals surface area contributed by atoms with Crippen LogP contribution < -0.4 is 11.2 Å². The van der Waals surface area contributed by atoms with E-state index in [0.29, 0.717) is 27.7 Å². The van der Waals surface area contributed by atoms with Gasteiger partial charge in [-0.3, -0.25) is 19.1 Å². The fourth-order valence-electron chi connectivity index (χ4n) is 4.56. The minimum absolute atomic E-state index is 0.0552. The van der Waals surface area contributed by atoms with Crippen LogP contribution >= 0.6 is 11.8 Å². The SMILES string of the molecule is CC(=O)c1c(C)cc(C)c(CSc2nc(C3CC3)nc3c2c(=O)[nH]c(=O)n3C2CC2)c1C. The number of carbonyl (C=O) groups is 1. The second-order valence-corrected chi connectivity index (χ2v) is 10.0. The Kier molecular flexibility index (Phi) is 5.08. The lowest BCUT2D eigenvalue weighted by Crippen LogP contribution is -2.31. The summed E-state index contributed by atoms with van der Waals surface area (Å²) >= 11 is 1.48. The van der Waals surface area contributed by atoms with Crippen LogP contribution in [0.4, 0.5) is 0 Å². The van der Waals surface area contributed by atoms with Crippen LogP contribution in [0.2, 0.25) is 0 Å². The molecule has 0 amide bonds. The first-order valence-electron chi connectivity index (χ1n) is 11.1. The monoisotopic (exact) mass is 450 g/mol. The van der Waals surface area contributed by atoms with Gasteiger partial charge < -0.3 is 0 Å². The highest BCUT2D eigenvalue weighted by molar-refractivity contribution is 7.98. The third-order valence-electron chi connectivity index (χ3n) is 6.46. The average molecular weight is 451 g/mol. The lowest BCUT2D eigenvalue weighted by molar-refractivity contribution is 0.101. The largest absolute Gasteiger partial charge is 0.330 e. The Balaban J connectivity index is 1.64. The molecule has 0 unspecified atom stereocenters. The summed E-state index contributed by atoms with van der Waals surface area (Å²) in [4.78, 5) is 49.5. The average Bonchev–Trinajstić information content (AvgIpc) is 3.59. The predicted octanol–water partition coefficient (Wildman–Crippen LogP) is 4.11. The first-order valence-corrected chi connectivity index (χ1v) is 12.0. The molecule has 1 N–H and O–H groups in total. The van der Waals surface area contributed by atoms with Crippen LogP contribution in [0.3, 0.4) is 0 Å². The fourth-order valence-corrected chi connectivity index (χ4v) is 5.78. The summed E-state index contributed by atoms with van der Waals surface area (Å²) in [6.07, 6.45) is 3.90. The van der Waals surface area contributed by atoms with Crippen LogP contribution in [0.15, 0.2) is 20.7 Å². The van der Waals surface area contributed by atoms with Gasteiger partial charge in [0, 0.05) is 23.3 Å². The van der Waals surface area contributed by atoms with E-state index in [1.807, 2.05) is 26.8 Å². The number of hydrogen-bond donors (Lipinski definition) is 1. The van der Waals surface area contributed by atoms with E-state index in [2.05, 4.69) is 4.98 Å². The van der Waals surface area contributed by atoms with E-state index in [4.69, 9.17) is 9.97 Å². The summed E-state index contributed by atoms with van der Waals surface area (Å²) in [7, 11) is 0. The molecule has 166 valence electrons. The molecule has 0 spiro atoms. The zero-order chi connectivity index (χ0) is 22.7. The van der Waals surface area contributed by atoms with Crippen LogP contribution in [0, 0.1) is 20.8 Å². The number of aromatic nitrogens is 4. The second kappa shape index (κ2) is 7.69. The van der Waals surface area contributed by atoms with Crippen LogP contribution in [0.1, 0.15) is 83.0 Å². The smallest absolute Gasteiger partial charge is 0.294 e. The highest BCUT2D eigenvalue weighted by atomic mass is 32.2. The van der Waals surface area contributed by atoms with Crippen molar-refractivity contribution in [1.82, 2.24) is 19.5 Å². The molecule has 0 aliphatic heterocycles. The molecular formula is C24H26N4O3S. The molecule has 2 aromatic heterocycles. The van der Waals surface area contributed by atoms with Gasteiger partial charge in [-0.25, -0.2) is 14.8 Å². The maximum Gasteiger partial charge on any atom is 0.330 e. The third-order valence-corrected chi connectivity index (χ3v) is 7.46. The van der Waals surface area contributed by atoms with Crippen molar-refractivity contribution in [3.8, 4) is 0 Å². The number of Topliss-reactive ketones (excluding diaryl/α,β-unsaturated/α-hetero) is 1. The van der Waals surface area contributed by atoms with Crippen LogP contribution in [-0.4, -0.2) is 25.3 Å². The number of fused-ring (bicyclic) bond motifs is 1. The van der Waals surface area contributed by atoms with Gasteiger partial charge in [0.25, 0.3) is 5.56 Å². The first-order chi connectivity index (χ1) is 15.3. The fraction of sp³-hybridized carbons (Fsp3) is 0.458. The van der Waals surface area contributed by atoms with Crippen molar-refractivity contribution < 1.29 is 4.79 Å². The molecule has 1 aromatic carbocycles. The molecule has 2 fully saturated rings. The number of ketones is 1. The van der Waals surface area contributed by atoms with Crippen molar-refractivity contribution in [2.24, 2.45) is 0 Å². The van der Waals surface area contributed by atoms with Crippen molar-refractivity contribution in [1.29, 1.82) is 0 Å². The number of aryl methyl sites for hydroxylation is 2. The molecule has 3 aromatic rings. The van der Waals surface area contributed by atoms with E-state index in [9.17, 15) is 14.4 Å². The normalized spacial score (nSPS) is 16.0. The molecule has 8 heteroatoms. The molecule has 0 atom stereocenters. The Morgan fingerprint density at radius 2 is 1.84 bits per heavy atom. The highest BCUT2D eigenvalue weighted by Gasteiger charge is 2.32. The van der Waals surface area contributed by atoms with Crippen LogP contribution in [0.5, 0.6) is 0 Å². The quantitative estimate of drug-likeness (QED) is 0.345. The summed E-state index contributed by atoms with van der Waals surface area (Å²) in [6.45, 7) is 7.59. The van der Waals surface area contributed by atoms with Gasteiger partial charge in [-0.1, -0.05) is 6.07 Å². The van der Waals surface area contributed by atoms with E-state index in [1.54, 1.807) is 11.5 Å². The lowest BCUT2D eigenvalue weighted by Gasteiger charge is -2.16. The number of H-pyrrole nitrogens is 1. The Morgan fingerprint density at radius 1 is 1.12 bits per heavy atom. The van der Waals surface area contributed by atoms with Gasteiger partial charge in [-0.15, -0.1) is 11.8 Å². The van der Waals surface area contributed by atoms with Gasteiger partial charge in [-0.2, -0.15) is 0 Å². The first kappa shape index (κ1) is 21.1. The number of carbonyl (C=O) groups excluding carboxylic acids is 1. The molecule has 2 heterocycles. The lowest BCUT2D eigenvalue weighted by atomic mass is 9.92. The number of benzene rings is 1. The van der Waals surface area contributed by atoms with E-state index in [1.165, 1.54) is 11.8 Å². The van der Waals surface area contributed by atoms with Crippen molar-refractivity contribution in [2.45, 2.75) is 76.1 Å². The van der Waals surface area contributed by atoms with E-state index in [0.717, 1.165) is 59.3 Å². The maximum atomic E-state index is 12.8. The summed E-state index contributed by atoms with van der Waals surface area (Å²) in [5.74, 6) is 1.66. The van der Waals surface area contributed by atoms with Crippen molar-refractivity contribution in [2.75, 3.05) is 0 Å². The minimum Gasteiger partial charge on any atom is -0.294 e. The van der Waals surface area contributed by atoms with E-state index >= 15 is 0 Å². The maximum absolute atomic E-state index is 12.8. The molecule has 0 radical (unpaired) electrons. The standard InChI is InChI=1S/C24H26N4O3S/c1-11-9-12(2)18(14(4)29)13(3)17(11)10-32-23-19-21(25-20(26-23)15-5-6-15)28(16-7-8-16)24(31)27-22(19)30/h9,15-16H,5-8,10H2,1-4H3,(H,27,30,31). The molecule has 2 saturated carbocycles. The zero-order valence-electron chi connectivity index (χ0n) is 18.7. The molecule has 5 rings (SSSR count). The van der Waals surface area contributed by atoms with Gasteiger partial charge >= 0.3 is 5.69 Å². The molecule has 2 aliphatic rings. The molecule has 2 aliphatic carbocycles. The number of aromatic amines is 1. The van der Waals surface area contributed by atoms with Crippen molar-refractivity contribution >= 4 is 28.6 Å². The van der Waals surface area contributed by atoms with Crippen molar-refractivity contribution in [3.63, 3.8) is 0 Å². The minimum atomic E-state index is -0.437. The van der Waals surface area contributed by atoms with Gasteiger partial charge in [-0.05, 0) is 75.6 Å². The summed E-state index contributed by atoms with van der Waals surface area (Å²) in [5.41, 5.74) is 4.55. The molecule has 7 nitrogen and oxygen atoms in total. The van der Waals surface area contributed by atoms with Crippen LogP contribution in [-0.2, 0) is 5.75 Å². The van der Waals surface area contributed by atoms with Gasteiger partial charge in [0.15, 0.2) is 11.4 Å². The van der Waals surface area contributed by atoms with Crippen molar-refractivity contribution in [3.05, 3.63) is 60.5 Å². The highest BCUT2D eigenvalue weighted by Crippen LogP contribution is 2.41. The number of thioether (sulfide) groups is 1. The van der Waals surface area contributed by atoms with Gasteiger partial charge in [0.05, 0.1) is 0 Å². The Bertz CT molecular complexity index is 1400. The number of nitrogens with zero attached hydrogens (tertiary/aromatic N) is 3. The Hall–Kier alpha value is -2.74. The van der Waals surface area contributed by atoms with E-state index in [-0.39, 0.29) is 11.8 Å². The Labute approximate surface area is 189 Å². The second-order valence-electron chi connectivity index (χ2n) is 9.05. The molecule has 0 saturated heterocycles. The number of hydrogen-bond acceptors (Lipinski definition) is 6. The Morgan fingerprint density at radius 3 is 2.47 bits per heavy atom. The summed E-state index contributed by atoms with van der Waals surface area (Å²) in [5, 5.41) is 0.997. The van der Waals surface area contributed by atoms with Gasteiger partial charge in [0.2, 0.25) is 0 Å². The molecule has 0 bridgehead atoms. The zero-order valence-corrected chi connectivity index (χ0v) is 19.6. The summed E-state index contributed by atoms with van der Waals surface area (Å²) in [6, 6.07) is 2.15.